The molecule has 2 saturated carbocycles. The van der Waals surface area contributed by atoms with Crippen LogP contribution in [0.3, 0.4) is 0 Å². The summed E-state index contributed by atoms with van der Waals surface area (Å²) < 4.78 is 7.99. The predicted molar refractivity (Wildman–Crippen MR) is 57.6 cm³/mol. The van der Waals surface area contributed by atoms with Crippen LogP contribution in [0.1, 0.15) is 37.8 Å². The highest BCUT2D eigenvalue weighted by Gasteiger charge is 2.50. The molecule has 0 N–H and O–H groups in total. The van der Waals surface area contributed by atoms with E-state index in [-0.39, 0.29) is 0 Å². The fraction of sp³-hybridized carbons (Fsp3) is 0.727. The molecule has 15 heavy (non-hydrogen) atoms. The summed E-state index contributed by atoms with van der Waals surface area (Å²) in [6, 6.07) is 0. The molecule has 1 spiro atoms. The monoisotopic (exact) mass is 222 g/mol. The third-order valence-electron chi connectivity index (χ3n) is 3.99. The molecule has 0 unspecified atom stereocenters. The third-order valence-corrected chi connectivity index (χ3v) is 4.51. The second kappa shape index (κ2) is 3.37. The van der Waals surface area contributed by atoms with E-state index in [1.807, 2.05) is 0 Å². The molecule has 2 aliphatic carbocycles. The first-order valence-electron chi connectivity index (χ1n) is 5.57. The standard InChI is InChI=1S/C11H14N2OS/c14-10(4-9-7-12-15-13-9)8-5-11(6-8)2-1-3-11/h7-8H,1-6H2. The first kappa shape index (κ1) is 9.46. The zero-order valence-electron chi connectivity index (χ0n) is 8.61. The van der Waals surface area contributed by atoms with Gasteiger partial charge in [0.15, 0.2) is 0 Å². The number of hydrogen-bond acceptors (Lipinski definition) is 4. The van der Waals surface area contributed by atoms with Gasteiger partial charge in [0.25, 0.3) is 0 Å². The highest BCUT2D eigenvalue weighted by Crippen LogP contribution is 2.58. The van der Waals surface area contributed by atoms with E-state index in [4.69, 9.17) is 0 Å². The SMILES string of the molecule is O=C(Cc1cnsn1)C1CC2(CCC2)C1. The largest absolute Gasteiger partial charge is 0.299 e. The number of aromatic nitrogens is 2. The zero-order chi connectivity index (χ0) is 10.3. The Bertz CT molecular complexity index is 362. The van der Waals surface area contributed by atoms with Crippen molar-refractivity contribution < 1.29 is 4.79 Å². The molecule has 1 aromatic rings. The van der Waals surface area contributed by atoms with Crippen LogP contribution in [0.2, 0.25) is 0 Å². The van der Waals surface area contributed by atoms with Gasteiger partial charge in [0.2, 0.25) is 0 Å². The van der Waals surface area contributed by atoms with Gasteiger partial charge in [0.1, 0.15) is 5.78 Å². The smallest absolute Gasteiger partial charge is 0.142 e. The minimum Gasteiger partial charge on any atom is -0.299 e. The lowest BCUT2D eigenvalue weighted by Gasteiger charge is -2.53. The average molecular weight is 222 g/mol. The predicted octanol–water partition coefficient (Wildman–Crippen LogP) is 2.23. The summed E-state index contributed by atoms with van der Waals surface area (Å²) in [4.78, 5) is 11.9. The van der Waals surface area contributed by atoms with E-state index < -0.39 is 0 Å². The quantitative estimate of drug-likeness (QED) is 0.787. The van der Waals surface area contributed by atoms with Crippen molar-refractivity contribution in [3.05, 3.63) is 11.9 Å². The molecule has 3 nitrogen and oxygen atoms in total. The van der Waals surface area contributed by atoms with E-state index >= 15 is 0 Å². The molecule has 1 heterocycles. The van der Waals surface area contributed by atoms with Crippen molar-refractivity contribution in [2.24, 2.45) is 11.3 Å². The minimum absolute atomic E-state index is 0.326. The molecular weight excluding hydrogens is 208 g/mol. The van der Waals surface area contributed by atoms with E-state index in [1.54, 1.807) is 6.20 Å². The zero-order valence-corrected chi connectivity index (χ0v) is 9.42. The lowest BCUT2D eigenvalue weighted by atomic mass is 9.51. The maximum absolute atomic E-state index is 11.9. The Morgan fingerprint density at radius 3 is 2.87 bits per heavy atom. The van der Waals surface area contributed by atoms with Crippen LogP contribution < -0.4 is 0 Å². The normalized spacial score (nSPS) is 23.5. The summed E-state index contributed by atoms with van der Waals surface area (Å²) in [6.45, 7) is 0. The molecule has 2 fully saturated rings. The van der Waals surface area contributed by atoms with E-state index in [9.17, 15) is 4.79 Å². The fourth-order valence-corrected chi connectivity index (χ4v) is 3.32. The molecule has 0 radical (unpaired) electrons. The molecule has 1 aromatic heterocycles. The minimum atomic E-state index is 0.326. The Morgan fingerprint density at radius 2 is 2.33 bits per heavy atom. The van der Waals surface area contributed by atoms with Crippen LogP contribution in [-0.2, 0) is 11.2 Å². The van der Waals surface area contributed by atoms with Gasteiger partial charge < -0.3 is 0 Å². The van der Waals surface area contributed by atoms with Crippen LogP contribution in [0.15, 0.2) is 6.20 Å². The number of rotatable bonds is 3. The number of Topliss-reactive ketones (excluding diaryl/α,β-unsaturated/α-hetero) is 1. The summed E-state index contributed by atoms with van der Waals surface area (Å²) in [7, 11) is 0. The van der Waals surface area contributed by atoms with Crippen LogP contribution in [0.25, 0.3) is 0 Å². The Balaban J connectivity index is 1.54. The molecule has 0 atom stereocenters. The lowest BCUT2D eigenvalue weighted by molar-refractivity contribution is -0.133. The Labute approximate surface area is 93.2 Å². The summed E-state index contributed by atoms with van der Waals surface area (Å²) in [5.41, 5.74) is 1.44. The van der Waals surface area contributed by atoms with E-state index in [0.29, 0.717) is 23.5 Å². The number of carbonyl (C=O) groups is 1. The number of nitrogens with zero attached hydrogens (tertiary/aromatic N) is 2. The summed E-state index contributed by atoms with van der Waals surface area (Å²) >= 11 is 1.18. The topological polar surface area (TPSA) is 42.9 Å². The summed E-state index contributed by atoms with van der Waals surface area (Å²) in [5, 5.41) is 0. The van der Waals surface area contributed by atoms with Gasteiger partial charge in [0, 0.05) is 5.92 Å². The van der Waals surface area contributed by atoms with Gasteiger partial charge in [0.05, 0.1) is 30.0 Å². The molecule has 0 aromatic carbocycles. The molecule has 0 aliphatic heterocycles. The molecular formula is C11H14N2OS. The van der Waals surface area contributed by atoms with Crippen molar-refractivity contribution in [1.82, 2.24) is 8.75 Å². The molecule has 0 bridgehead atoms. The molecule has 3 rings (SSSR count). The van der Waals surface area contributed by atoms with Gasteiger partial charge in [-0.1, -0.05) is 6.42 Å². The number of ketones is 1. The Hall–Kier alpha value is -0.770. The van der Waals surface area contributed by atoms with Gasteiger partial charge in [-0.05, 0) is 31.1 Å². The van der Waals surface area contributed by atoms with Crippen LogP contribution in [0.5, 0.6) is 0 Å². The molecule has 2 aliphatic rings. The second-order valence-corrected chi connectivity index (χ2v) is 5.56. The van der Waals surface area contributed by atoms with E-state index in [0.717, 1.165) is 18.5 Å². The molecule has 0 amide bonds. The molecule has 80 valence electrons. The third kappa shape index (κ3) is 1.61. The van der Waals surface area contributed by atoms with Crippen LogP contribution in [-0.4, -0.2) is 14.5 Å². The molecule has 0 saturated heterocycles. The van der Waals surface area contributed by atoms with Crippen LogP contribution in [0, 0.1) is 11.3 Å². The van der Waals surface area contributed by atoms with E-state index in [1.165, 1.54) is 31.0 Å². The van der Waals surface area contributed by atoms with Gasteiger partial charge in [-0.15, -0.1) is 0 Å². The van der Waals surface area contributed by atoms with Gasteiger partial charge >= 0.3 is 0 Å². The highest BCUT2D eigenvalue weighted by molar-refractivity contribution is 6.99. The van der Waals surface area contributed by atoms with Crippen LogP contribution >= 0.6 is 11.7 Å². The second-order valence-electron chi connectivity index (χ2n) is 5.00. The Kier molecular flexibility index (Phi) is 2.12. The summed E-state index contributed by atoms with van der Waals surface area (Å²) in [6.07, 6.45) is 8.57. The fourth-order valence-electron chi connectivity index (χ4n) is 2.88. The maximum atomic E-state index is 11.9. The average Bonchev–Trinajstić information content (AvgIpc) is 2.51. The first-order valence-corrected chi connectivity index (χ1v) is 6.30. The maximum Gasteiger partial charge on any atom is 0.142 e. The number of carbonyl (C=O) groups excluding carboxylic acids is 1. The van der Waals surface area contributed by atoms with Crippen molar-refractivity contribution >= 4 is 17.5 Å². The van der Waals surface area contributed by atoms with Gasteiger partial charge in [-0.3, -0.25) is 4.79 Å². The molecule has 4 heteroatoms. The Morgan fingerprint density at radius 1 is 1.53 bits per heavy atom. The van der Waals surface area contributed by atoms with Crippen molar-refractivity contribution in [2.75, 3.05) is 0 Å². The van der Waals surface area contributed by atoms with Crippen molar-refractivity contribution in [3.63, 3.8) is 0 Å². The van der Waals surface area contributed by atoms with Crippen molar-refractivity contribution in [2.45, 2.75) is 38.5 Å². The highest BCUT2D eigenvalue weighted by atomic mass is 32.1. The lowest BCUT2D eigenvalue weighted by Crippen LogP contribution is -2.46. The number of hydrogen-bond donors (Lipinski definition) is 0. The van der Waals surface area contributed by atoms with Crippen LogP contribution in [0.4, 0.5) is 0 Å². The summed E-state index contributed by atoms with van der Waals surface area (Å²) in [5.74, 6) is 0.701. The first-order chi connectivity index (χ1) is 7.27. The van der Waals surface area contributed by atoms with Gasteiger partial charge in [-0.2, -0.15) is 8.75 Å². The van der Waals surface area contributed by atoms with Crippen molar-refractivity contribution in [3.8, 4) is 0 Å². The van der Waals surface area contributed by atoms with Gasteiger partial charge in [-0.25, -0.2) is 0 Å². The van der Waals surface area contributed by atoms with Crippen molar-refractivity contribution in [1.29, 1.82) is 0 Å². The van der Waals surface area contributed by atoms with E-state index in [2.05, 4.69) is 8.75 Å².